The minimum Gasteiger partial charge on any atom is -0.494 e. The fourth-order valence-electron chi connectivity index (χ4n) is 2.50. The molecule has 0 spiro atoms. The first-order valence-corrected chi connectivity index (χ1v) is 6.73. The normalized spacial score (nSPS) is 10.6. The zero-order valence-corrected chi connectivity index (χ0v) is 12.2. The molecule has 5 heteroatoms. The third-order valence-electron chi connectivity index (χ3n) is 3.62. The van der Waals surface area contributed by atoms with Crippen LogP contribution in [0.2, 0.25) is 0 Å². The van der Waals surface area contributed by atoms with Gasteiger partial charge >= 0.3 is 0 Å². The molecule has 0 aliphatic rings. The highest BCUT2D eigenvalue weighted by Gasteiger charge is 2.12. The van der Waals surface area contributed by atoms with E-state index in [1.165, 1.54) is 11.7 Å². The second-order valence-electron chi connectivity index (χ2n) is 4.93. The summed E-state index contributed by atoms with van der Waals surface area (Å²) in [5.41, 5.74) is 1.85. The van der Waals surface area contributed by atoms with E-state index in [1.807, 2.05) is 18.2 Å². The van der Waals surface area contributed by atoms with Crippen LogP contribution in [0.25, 0.3) is 21.9 Å². The number of benzene rings is 1. The SMILES string of the molecule is COc1cc(-c2cn(C)c(=O)c3ccccc23)cnc1C=O. The number of ether oxygens (including phenoxy) is 1. The van der Waals surface area contributed by atoms with Crippen molar-refractivity contribution in [1.82, 2.24) is 9.55 Å². The van der Waals surface area contributed by atoms with E-state index >= 15 is 0 Å². The molecule has 2 aromatic heterocycles. The summed E-state index contributed by atoms with van der Waals surface area (Å²) >= 11 is 0. The highest BCUT2D eigenvalue weighted by Crippen LogP contribution is 2.29. The van der Waals surface area contributed by atoms with Crippen LogP contribution in [0.5, 0.6) is 5.75 Å². The average molecular weight is 294 g/mol. The Morgan fingerprint density at radius 1 is 1.23 bits per heavy atom. The molecule has 0 amide bonds. The molecule has 2 heterocycles. The molecule has 1 aromatic carbocycles. The van der Waals surface area contributed by atoms with Crippen molar-refractivity contribution in [2.24, 2.45) is 7.05 Å². The molecule has 3 aromatic rings. The zero-order chi connectivity index (χ0) is 15.7. The molecule has 0 radical (unpaired) electrons. The number of fused-ring (bicyclic) bond motifs is 1. The third kappa shape index (κ3) is 2.16. The van der Waals surface area contributed by atoms with Gasteiger partial charge in [0.15, 0.2) is 6.29 Å². The quantitative estimate of drug-likeness (QED) is 0.696. The number of hydrogen-bond donors (Lipinski definition) is 0. The molecule has 0 saturated carbocycles. The van der Waals surface area contributed by atoms with E-state index in [1.54, 1.807) is 31.6 Å². The fourth-order valence-corrected chi connectivity index (χ4v) is 2.50. The predicted octanol–water partition coefficient (Wildman–Crippen LogP) is 2.42. The topological polar surface area (TPSA) is 61.2 Å². The van der Waals surface area contributed by atoms with Gasteiger partial charge < -0.3 is 9.30 Å². The molecule has 110 valence electrons. The molecule has 5 nitrogen and oxygen atoms in total. The molecule has 0 aliphatic heterocycles. The number of carbonyl (C=O) groups excluding carboxylic acids is 1. The number of aldehydes is 1. The lowest BCUT2D eigenvalue weighted by molar-refractivity contribution is 0.111. The summed E-state index contributed by atoms with van der Waals surface area (Å²) < 4.78 is 6.74. The minimum atomic E-state index is -0.0521. The van der Waals surface area contributed by atoms with Crippen molar-refractivity contribution in [2.45, 2.75) is 0 Å². The summed E-state index contributed by atoms with van der Waals surface area (Å²) in [5, 5.41) is 1.48. The van der Waals surface area contributed by atoms with Crippen LogP contribution < -0.4 is 10.3 Å². The Morgan fingerprint density at radius 3 is 2.64 bits per heavy atom. The Morgan fingerprint density at radius 2 is 1.95 bits per heavy atom. The van der Waals surface area contributed by atoms with E-state index in [-0.39, 0.29) is 11.3 Å². The first kappa shape index (κ1) is 14.0. The number of hydrogen-bond acceptors (Lipinski definition) is 4. The lowest BCUT2D eigenvalue weighted by atomic mass is 10.0. The van der Waals surface area contributed by atoms with Gasteiger partial charge in [-0.25, -0.2) is 4.98 Å². The first-order valence-electron chi connectivity index (χ1n) is 6.73. The lowest BCUT2D eigenvalue weighted by Gasteiger charge is -2.11. The summed E-state index contributed by atoms with van der Waals surface area (Å²) in [6.07, 6.45) is 4.03. The maximum Gasteiger partial charge on any atom is 0.258 e. The van der Waals surface area contributed by atoms with Crippen LogP contribution in [0.1, 0.15) is 10.5 Å². The van der Waals surface area contributed by atoms with Crippen molar-refractivity contribution in [1.29, 1.82) is 0 Å². The van der Waals surface area contributed by atoms with E-state index in [2.05, 4.69) is 4.98 Å². The second-order valence-corrected chi connectivity index (χ2v) is 4.93. The van der Waals surface area contributed by atoms with Gasteiger partial charge in [-0.1, -0.05) is 18.2 Å². The largest absolute Gasteiger partial charge is 0.494 e. The Kier molecular flexibility index (Phi) is 3.47. The van der Waals surface area contributed by atoms with Crippen LogP contribution in [0.15, 0.2) is 47.5 Å². The molecule has 22 heavy (non-hydrogen) atoms. The lowest BCUT2D eigenvalue weighted by Crippen LogP contribution is -2.16. The third-order valence-corrected chi connectivity index (χ3v) is 3.62. The monoisotopic (exact) mass is 294 g/mol. The van der Waals surface area contributed by atoms with E-state index < -0.39 is 0 Å². The number of aryl methyl sites for hydroxylation is 1. The molecule has 0 unspecified atom stereocenters. The Bertz CT molecular complexity index is 929. The van der Waals surface area contributed by atoms with Gasteiger partial charge in [0.1, 0.15) is 11.4 Å². The number of pyridine rings is 2. The number of aromatic nitrogens is 2. The Labute approximate surface area is 126 Å². The number of carbonyl (C=O) groups is 1. The Hall–Kier alpha value is -2.95. The van der Waals surface area contributed by atoms with E-state index in [0.717, 1.165) is 16.5 Å². The predicted molar refractivity (Wildman–Crippen MR) is 84.4 cm³/mol. The second kappa shape index (κ2) is 5.44. The van der Waals surface area contributed by atoms with Crippen molar-refractivity contribution in [2.75, 3.05) is 7.11 Å². The Balaban J connectivity index is 2.33. The van der Waals surface area contributed by atoms with Gasteiger partial charge in [0.2, 0.25) is 0 Å². The van der Waals surface area contributed by atoms with Gasteiger partial charge in [-0.05, 0) is 17.5 Å². The van der Waals surface area contributed by atoms with Gasteiger partial charge in [-0.15, -0.1) is 0 Å². The first-order chi connectivity index (χ1) is 10.7. The molecule has 0 aliphatic carbocycles. The van der Waals surface area contributed by atoms with Crippen LogP contribution >= 0.6 is 0 Å². The fraction of sp³-hybridized carbons (Fsp3) is 0.118. The van der Waals surface area contributed by atoms with Crippen LogP contribution in [-0.4, -0.2) is 22.9 Å². The molecule has 0 atom stereocenters. The van der Waals surface area contributed by atoms with Crippen LogP contribution in [0, 0.1) is 0 Å². The highest BCUT2D eigenvalue weighted by molar-refractivity contribution is 5.96. The number of nitrogens with zero attached hydrogens (tertiary/aromatic N) is 2. The van der Waals surface area contributed by atoms with Gasteiger partial charge in [-0.2, -0.15) is 0 Å². The molecule has 0 saturated heterocycles. The smallest absolute Gasteiger partial charge is 0.258 e. The summed E-state index contributed by atoms with van der Waals surface area (Å²) in [6, 6.07) is 9.17. The summed E-state index contributed by atoms with van der Waals surface area (Å²) in [7, 11) is 3.20. The minimum absolute atomic E-state index is 0.0521. The number of methoxy groups -OCH3 is 1. The number of rotatable bonds is 3. The van der Waals surface area contributed by atoms with Crippen LogP contribution in [0.3, 0.4) is 0 Å². The van der Waals surface area contributed by atoms with Crippen LogP contribution in [-0.2, 0) is 7.05 Å². The summed E-state index contributed by atoms with van der Waals surface area (Å²) in [6.45, 7) is 0. The zero-order valence-electron chi connectivity index (χ0n) is 12.2. The van der Waals surface area contributed by atoms with E-state index in [0.29, 0.717) is 17.4 Å². The molecular formula is C17H14N2O3. The van der Waals surface area contributed by atoms with Gasteiger partial charge in [0.05, 0.1) is 7.11 Å². The van der Waals surface area contributed by atoms with Gasteiger partial charge in [0, 0.05) is 36.0 Å². The van der Waals surface area contributed by atoms with Gasteiger partial charge in [-0.3, -0.25) is 9.59 Å². The van der Waals surface area contributed by atoms with Crippen LogP contribution in [0.4, 0.5) is 0 Å². The van der Waals surface area contributed by atoms with Crippen molar-refractivity contribution in [3.05, 3.63) is 58.8 Å². The molecule has 0 bridgehead atoms. The average Bonchev–Trinajstić information content (AvgIpc) is 2.57. The molecule has 0 fully saturated rings. The molecule has 3 rings (SSSR count). The van der Waals surface area contributed by atoms with Crippen molar-refractivity contribution in [3.63, 3.8) is 0 Å². The standard InChI is InChI=1S/C17H14N2O3/c1-19-9-14(12-5-3-4-6-13(12)17(19)21)11-7-16(22-2)15(10-20)18-8-11/h3-10H,1-2H3. The molecule has 0 N–H and O–H groups in total. The maximum absolute atomic E-state index is 12.2. The van der Waals surface area contributed by atoms with Crippen molar-refractivity contribution >= 4 is 17.1 Å². The summed E-state index contributed by atoms with van der Waals surface area (Å²) in [5.74, 6) is 0.408. The van der Waals surface area contributed by atoms with E-state index in [4.69, 9.17) is 4.74 Å². The van der Waals surface area contributed by atoms with Crippen molar-refractivity contribution < 1.29 is 9.53 Å². The van der Waals surface area contributed by atoms with Crippen molar-refractivity contribution in [3.8, 4) is 16.9 Å². The van der Waals surface area contributed by atoms with E-state index in [9.17, 15) is 9.59 Å². The maximum atomic E-state index is 12.2. The van der Waals surface area contributed by atoms with Gasteiger partial charge in [0.25, 0.3) is 5.56 Å². The molecular weight excluding hydrogens is 280 g/mol. The summed E-state index contributed by atoms with van der Waals surface area (Å²) in [4.78, 5) is 27.3. The highest BCUT2D eigenvalue weighted by atomic mass is 16.5.